The first-order valence-corrected chi connectivity index (χ1v) is 18.7. The first kappa shape index (κ1) is 33.7. The van der Waals surface area contributed by atoms with Gasteiger partial charge in [-0.3, -0.25) is 30.0 Å². The third-order valence-electron chi connectivity index (χ3n) is 9.17. The number of fused-ring (bicyclic) bond motifs is 1. The van der Waals surface area contributed by atoms with Gasteiger partial charge in [0.05, 0.1) is 54.3 Å². The summed E-state index contributed by atoms with van der Waals surface area (Å²) >= 11 is 5.24. The van der Waals surface area contributed by atoms with Gasteiger partial charge in [-0.15, -0.1) is 0 Å². The molecule has 12 heteroatoms. The fourth-order valence-corrected chi connectivity index (χ4v) is 7.84. The van der Waals surface area contributed by atoms with Crippen LogP contribution < -0.4 is 15.2 Å². The number of halogens is 1. The zero-order valence-electron chi connectivity index (χ0n) is 28.1. The molecule has 2 aromatic carbocycles. The van der Waals surface area contributed by atoms with Gasteiger partial charge in [-0.1, -0.05) is 53.2 Å². The summed E-state index contributed by atoms with van der Waals surface area (Å²) in [5.41, 5.74) is 7.06. The number of anilines is 1. The molecule has 1 amide bonds. The van der Waals surface area contributed by atoms with Crippen LogP contribution in [0.15, 0.2) is 143 Å². The number of pyridine rings is 3. The van der Waals surface area contributed by atoms with Crippen molar-refractivity contribution in [2.45, 2.75) is 25.2 Å². The molecule has 10 nitrogen and oxygen atoms in total. The molecular weight excluding hydrogens is 734 g/mol. The standard InChI is InChI=1S/C40H34BrN9OS/c41-33-20-32(22-44-23-33)40-47-50(37-26-48(17-18-49(37)40)39(29-6-2-1-3-7-29)30-8-4-15-42-21-30)35-12-10-28(11-13-35)38(31-14-19-52-27-31)45-25-36(51)46-34-9-5-16-43-24-34/h1-16,19-24,27,38-39,45H,17-18,25-26H2/p+1. The first-order chi connectivity index (χ1) is 25.6. The molecule has 2 atom stereocenters. The van der Waals surface area contributed by atoms with Crippen LogP contribution in [-0.4, -0.2) is 48.6 Å². The number of rotatable bonds is 11. The molecule has 0 aliphatic carbocycles. The molecular formula is C40H35BrN9OS+. The topological polar surface area (TPSA) is 105 Å². The minimum atomic E-state index is -0.175. The van der Waals surface area contributed by atoms with Crippen molar-refractivity contribution >= 4 is 38.9 Å². The Kier molecular flexibility index (Phi) is 10.0. The average molecular weight is 770 g/mol. The van der Waals surface area contributed by atoms with Crippen molar-refractivity contribution in [2.24, 2.45) is 0 Å². The molecule has 0 spiro atoms. The summed E-state index contributed by atoms with van der Waals surface area (Å²) in [4.78, 5) is 28.4. The maximum atomic E-state index is 12.9. The monoisotopic (exact) mass is 768 g/mol. The Bertz CT molecular complexity index is 2210. The van der Waals surface area contributed by atoms with Gasteiger partial charge in [-0.05, 0) is 91.4 Å². The Labute approximate surface area is 314 Å². The average Bonchev–Trinajstić information content (AvgIpc) is 3.86. The summed E-state index contributed by atoms with van der Waals surface area (Å²) in [6.07, 6.45) is 10.8. The van der Waals surface area contributed by atoms with E-state index in [2.05, 4.69) is 139 Å². The van der Waals surface area contributed by atoms with Crippen molar-refractivity contribution in [1.82, 2.24) is 34.9 Å². The highest BCUT2D eigenvalue weighted by Crippen LogP contribution is 2.32. The van der Waals surface area contributed by atoms with Crippen molar-refractivity contribution in [1.29, 1.82) is 0 Å². The molecule has 0 bridgehead atoms. The molecule has 1 aliphatic rings. The van der Waals surface area contributed by atoms with Crippen molar-refractivity contribution in [3.8, 4) is 17.1 Å². The number of amides is 1. The molecule has 7 aromatic rings. The van der Waals surface area contributed by atoms with Crippen LogP contribution in [0.3, 0.4) is 0 Å². The molecule has 0 saturated carbocycles. The predicted molar refractivity (Wildman–Crippen MR) is 205 cm³/mol. The van der Waals surface area contributed by atoms with Gasteiger partial charge < -0.3 is 5.32 Å². The third kappa shape index (κ3) is 7.32. The lowest BCUT2D eigenvalue weighted by Gasteiger charge is -2.33. The normalized spacial score (nSPS) is 14.0. The SMILES string of the molecule is O=C(CNC(c1ccc(-n2nc(-c3cncc(Br)c3)[n+]3c2CN(C(c2ccccc2)c2cccnc2)CC3)cc1)c1ccsc1)Nc1cccnc1. The highest BCUT2D eigenvalue weighted by atomic mass is 79.9. The number of nitrogens with one attached hydrogen (secondary N) is 2. The maximum Gasteiger partial charge on any atom is 0.311 e. The van der Waals surface area contributed by atoms with E-state index in [4.69, 9.17) is 5.10 Å². The summed E-state index contributed by atoms with van der Waals surface area (Å²) in [5, 5.41) is 15.8. The number of hydrogen-bond acceptors (Lipinski definition) is 8. The van der Waals surface area contributed by atoms with Gasteiger partial charge in [0.2, 0.25) is 5.91 Å². The van der Waals surface area contributed by atoms with E-state index in [0.717, 1.165) is 57.2 Å². The van der Waals surface area contributed by atoms with Crippen LogP contribution in [0.4, 0.5) is 5.69 Å². The van der Waals surface area contributed by atoms with Gasteiger partial charge in [-0.25, -0.2) is 4.57 Å². The second kappa shape index (κ2) is 15.5. The van der Waals surface area contributed by atoms with Crippen molar-refractivity contribution < 1.29 is 9.36 Å². The number of thiophene rings is 1. The molecule has 1 aliphatic heterocycles. The zero-order valence-corrected chi connectivity index (χ0v) is 30.5. The minimum absolute atomic E-state index is 0.0261. The number of nitrogens with zero attached hydrogens (tertiary/aromatic N) is 7. The molecule has 2 N–H and O–H groups in total. The van der Waals surface area contributed by atoms with Crippen LogP contribution >= 0.6 is 27.3 Å². The fraction of sp³-hybridized carbons (Fsp3) is 0.150. The molecule has 52 heavy (non-hydrogen) atoms. The second-order valence-electron chi connectivity index (χ2n) is 12.5. The quantitative estimate of drug-likeness (QED) is 0.140. The summed E-state index contributed by atoms with van der Waals surface area (Å²) in [5.74, 6) is 1.80. The lowest BCUT2D eigenvalue weighted by Crippen LogP contribution is -2.52. The number of benzene rings is 2. The van der Waals surface area contributed by atoms with Crippen molar-refractivity contribution in [3.05, 3.63) is 171 Å². The summed E-state index contributed by atoms with van der Waals surface area (Å²) in [6, 6.07) is 30.9. The Morgan fingerprint density at radius 2 is 1.65 bits per heavy atom. The number of carbonyl (C=O) groups is 1. The van der Waals surface area contributed by atoms with Gasteiger partial charge in [0.1, 0.15) is 5.69 Å². The van der Waals surface area contributed by atoms with E-state index in [9.17, 15) is 4.79 Å². The van der Waals surface area contributed by atoms with Crippen LogP contribution in [0.5, 0.6) is 0 Å². The number of carbonyl (C=O) groups excluding carboxylic acids is 1. The highest BCUT2D eigenvalue weighted by molar-refractivity contribution is 9.10. The Morgan fingerprint density at radius 1 is 0.846 bits per heavy atom. The van der Waals surface area contributed by atoms with Crippen LogP contribution in [0, 0.1) is 0 Å². The van der Waals surface area contributed by atoms with Crippen LogP contribution in [-0.2, 0) is 17.9 Å². The molecule has 6 heterocycles. The van der Waals surface area contributed by atoms with E-state index in [1.807, 2.05) is 30.7 Å². The first-order valence-electron chi connectivity index (χ1n) is 17.0. The number of aromatic nitrogens is 6. The molecule has 8 rings (SSSR count). The fourth-order valence-electron chi connectivity index (χ4n) is 6.79. The van der Waals surface area contributed by atoms with Gasteiger partial charge in [-0.2, -0.15) is 11.3 Å². The van der Waals surface area contributed by atoms with E-state index in [0.29, 0.717) is 12.2 Å². The van der Waals surface area contributed by atoms with Crippen molar-refractivity contribution in [2.75, 3.05) is 18.4 Å². The highest BCUT2D eigenvalue weighted by Gasteiger charge is 2.36. The summed E-state index contributed by atoms with van der Waals surface area (Å²) < 4.78 is 5.28. The Morgan fingerprint density at radius 3 is 2.38 bits per heavy atom. The molecule has 258 valence electrons. The van der Waals surface area contributed by atoms with Gasteiger partial charge >= 0.3 is 5.82 Å². The van der Waals surface area contributed by atoms with Crippen LogP contribution in [0.2, 0.25) is 0 Å². The summed E-state index contributed by atoms with van der Waals surface area (Å²) in [6.45, 7) is 2.38. The zero-order chi connectivity index (χ0) is 35.3. The smallest absolute Gasteiger partial charge is 0.311 e. The predicted octanol–water partition coefficient (Wildman–Crippen LogP) is 6.76. The lowest BCUT2D eigenvalue weighted by atomic mass is 9.98. The molecule has 0 radical (unpaired) electrons. The molecule has 0 fully saturated rings. The van der Waals surface area contributed by atoms with Gasteiger partial charge in [0, 0.05) is 42.0 Å². The van der Waals surface area contributed by atoms with Gasteiger partial charge in [0.25, 0.3) is 5.82 Å². The largest absolute Gasteiger partial charge is 0.324 e. The van der Waals surface area contributed by atoms with Crippen LogP contribution in [0.25, 0.3) is 17.1 Å². The van der Waals surface area contributed by atoms with Gasteiger partial charge in [0.15, 0.2) is 0 Å². The van der Waals surface area contributed by atoms with E-state index >= 15 is 0 Å². The maximum absolute atomic E-state index is 12.9. The second-order valence-corrected chi connectivity index (χ2v) is 14.2. The summed E-state index contributed by atoms with van der Waals surface area (Å²) in [7, 11) is 0. The third-order valence-corrected chi connectivity index (χ3v) is 10.3. The minimum Gasteiger partial charge on any atom is -0.324 e. The van der Waals surface area contributed by atoms with Crippen molar-refractivity contribution in [3.63, 3.8) is 0 Å². The molecule has 2 unspecified atom stereocenters. The lowest BCUT2D eigenvalue weighted by molar-refractivity contribution is -0.702. The Balaban J connectivity index is 1.13. The van der Waals surface area contributed by atoms with E-state index in [-0.39, 0.29) is 24.5 Å². The Hall–Kier alpha value is -5.40. The van der Waals surface area contributed by atoms with E-state index < -0.39 is 0 Å². The van der Waals surface area contributed by atoms with E-state index in [1.54, 1.807) is 36.0 Å². The number of hydrogen-bond donors (Lipinski definition) is 2. The van der Waals surface area contributed by atoms with E-state index in [1.165, 1.54) is 5.56 Å². The molecule has 0 saturated heterocycles. The van der Waals surface area contributed by atoms with Crippen LogP contribution in [0.1, 0.15) is 40.2 Å². The molecule has 5 aromatic heterocycles.